The van der Waals surface area contributed by atoms with Crippen molar-refractivity contribution in [1.82, 2.24) is 14.5 Å². The third-order valence-electron chi connectivity index (χ3n) is 5.21. The van der Waals surface area contributed by atoms with Gasteiger partial charge in [-0.05, 0) is 36.4 Å². The van der Waals surface area contributed by atoms with Crippen LogP contribution in [0.4, 0.5) is 0 Å². The van der Waals surface area contributed by atoms with Crippen LogP contribution in [0.1, 0.15) is 23.1 Å². The summed E-state index contributed by atoms with van der Waals surface area (Å²) in [7, 11) is 1.34. The summed E-state index contributed by atoms with van der Waals surface area (Å²) < 4.78 is 14.2. The number of fused-ring (bicyclic) bond motifs is 5. The minimum absolute atomic E-state index is 0.399. The summed E-state index contributed by atoms with van der Waals surface area (Å²) in [5.41, 5.74) is 4.55. The number of ether oxygens (including phenoxy) is 2. The number of aromatic amines is 1. The van der Waals surface area contributed by atoms with E-state index in [1.165, 1.54) is 14.0 Å². The minimum Gasteiger partial charge on any atom is -0.465 e. The Morgan fingerprint density at radius 1 is 1.10 bits per heavy atom. The number of para-hydroxylation sites is 2. The van der Waals surface area contributed by atoms with Gasteiger partial charge in [0.15, 0.2) is 11.1 Å². The van der Waals surface area contributed by atoms with E-state index in [2.05, 4.69) is 4.98 Å². The van der Waals surface area contributed by atoms with Crippen LogP contribution in [0.3, 0.4) is 0 Å². The number of carbonyl (C=O) groups is 2. The largest absolute Gasteiger partial charge is 0.465 e. The van der Waals surface area contributed by atoms with Crippen LogP contribution in [0.15, 0.2) is 54.7 Å². The number of carbonyl (C=O) groups excluding carboxylic acids is 2. The third-order valence-corrected chi connectivity index (χ3v) is 5.21. The van der Waals surface area contributed by atoms with E-state index in [1.54, 1.807) is 30.5 Å². The van der Waals surface area contributed by atoms with Crippen molar-refractivity contribution in [2.75, 3.05) is 7.11 Å². The molecule has 5 rings (SSSR count). The maximum absolute atomic E-state index is 11.8. The first-order valence-corrected chi connectivity index (χ1v) is 9.69. The molecule has 0 aliphatic carbocycles. The van der Waals surface area contributed by atoms with E-state index in [1.807, 2.05) is 40.2 Å². The van der Waals surface area contributed by atoms with Gasteiger partial charge in [-0.1, -0.05) is 17.1 Å². The number of H-pyrrole nitrogens is 1. The summed E-state index contributed by atoms with van der Waals surface area (Å²) in [6.07, 6.45) is 1.73. The first kappa shape index (κ1) is 18.8. The van der Waals surface area contributed by atoms with E-state index in [9.17, 15) is 9.59 Å². The average molecular weight is 415 g/mol. The Morgan fingerprint density at radius 2 is 1.84 bits per heavy atom. The van der Waals surface area contributed by atoms with Gasteiger partial charge in [0.2, 0.25) is 17.1 Å². The lowest BCUT2D eigenvalue weighted by Crippen LogP contribution is -2.26. The first-order valence-electron chi connectivity index (χ1n) is 9.69. The fourth-order valence-corrected chi connectivity index (χ4v) is 3.90. The van der Waals surface area contributed by atoms with Crippen LogP contribution < -0.4 is 9.14 Å². The summed E-state index contributed by atoms with van der Waals surface area (Å²) in [6, 6.07) is 14.9. The van der Waals surface area contributed by atoms with Gasteiger partial charge in [0.25, 0.3) is 0 Å². The number of rotatable bonds is 3. The summed E-state index contributed by atoms with van der Waals surface area (Å²) in [6.45, 7) is 3.29. The van der Waals surface area contributed by atoms with Gasteiger partial charge in [-0.3, -0.25) is 14.3 Å². The Hall–Kier alpha value is -4.20. The smallest absolute Gasteiger partial charge is 0.337 e. The van der Waals surface area contributed by atoms with Crippen LogP contribution in [0, 0.1) is 6.92 Å². The molecule has 31 heavy (non-hydrogen) atoms. The molecular formula is C23H19N4O4+. The SMILES string of the molecule is COC(=O)c1ccc(-n2cc(OC(C)=O)c3c2nc(C)[n+]2c4ccccc4[nH]c32)cc1. The number of nitrogens with one attached hydrogen (secondary N) is 1. The predicted octanol–water partition coefficient (Wildman–Crippen LogP) is 3.27. The molecule has 0 radical (unpaired) electrons. The van der Waals surface area contributed by atoms with Gasteiger partial charge in [-0.2, -0.15) is 4.40 Å². The molecule has 0 bridgehead atoms. The van der Waals surface area contributed by atoms with Gasteiger partial charge in [0.1, 0.15) is 11.0 Å². The number of benzene rings is 2. The number of aryl methyl sites for hydroxylation is 1. The molecule has 0 fully saturated rings. The van der Waals surface area contributed by atoms with Crippen molar-refractivity contribution in [2.24, 2.45) is 0 Å². The van der Waals surface area contributed by atoms with E-state index in [-0.39, 0.29) is 0 Å². The van der Waals surface area contributed by atoms with Crippen LogP contribution in [0.25, 0.3) is 33.4 Å². The normalized spacial score (nSPS) is 11.3. The van der Waals surface area contributed by atoms with Crippen molar-refractivity contribution in [2.45, 2.75) is 13.8 Å². The van der Waals surface area contributed by atoms with Gasteiger partial charge in [-0.15, -0.1) is 0 Å². The van der Waals surface area contributed by atoms with E-state index in [0.29, 0.717) is 22.3 Å². The number of imidazole rings is 1. The molecule has 0 aliphatic rings. The zero-order valence-electron chi connectivity index (χ0n) is 17.2. The zero-order valence-corrected chi connectivity index (χ0v) is 17.2. The highest BCUT2D eigenvalue weighted by molar-refractivity contribution is 5.98. The lowest BCUT2D eigenvalue weighted by atomic mass is 10.2. The van der Waals surface area contributed by atoms with Gasteiger partial charge >= 0.3 is 11.9 Å². The molecule has 8 nitrogen and oxygen atoms in total. The van der Waals surface area contributed by atoms with E-state index in [0.717, 1.165) is 28.2 Å². The van der Waals surface area contributed by atoms with Crippen molar-refractivity contribution < 1.29 is 23.5 Å². The standard InChI is InChI=1S/C23H18N4O4/c1-13-24-21-20(22-25-17-6-4-5-7-18(17)27(13)22)19(31-14(2)28)12-26(21)16-10-8-15(9-11-16)23(29)30-3/h4-12H,1-3H3/p+1. The molecule has 0 unspecified atom stereocenters. The fourth-order valence-electron chi connectivity index (χ4n) is 3.90. The Morgan fingerprint density at radius 3 is 2.55 bits per heavy atom. The maximum Gasteiger partial charge on any atom is 0.337 e. The van der Waals surface area contributed by atoms with Crippen molar-refractivity contribution in [3.63, 3.8) is 0 Å². The fraction of sp³-hybridized carbons (Fsp3) is 0.130. The Balaban J connectivity index is 1.82. The number of hydrogen-bond acceptors (Lipinski definition) is 5. The van der Waals surface area contributed by atoms with Crippen molar-refractivity contribution in [1.29, 1.82) is 0 Å². The number of methoxy groups -OCH3 is 1. The van der Waals surface area contributed by atoms with Gasteiger partial charge in [0, 0.05) is 19.5 Å². The van der Waals surface area contributed by atoms with Crippen molar-refractivity contribution >= 4 is 39.7 Å². The van der Waals surface area contributed by atoms with E-state index >= 15 is 0 Å². The molecule has 0 atom stereocenters. The molecule has 154 valence electrons. The van der Waals surface area contributed by atoms with Gasteiger partial charge < -0.3 is 9.47 Å². The second kappa shape index (κ2) is 6.94. The highest BCUT2D eigenvalue weighted by Gasteiger charge is 2.26. The molecule has 1 N–H and O–H groups in total. The maximum atomic E-state index is 11.8. The van der Waals surface area contributed by atoms with Crippen LogP contribution in [0.2, 0.25) is 0 Å². The lowest BCUT2D eigenvalue weighted by Gasteiger charge is -2.04. The molecule has 3 heterocycles. The highest BCUT2D eigenvalue weighted by Crippen LogP contribution is 2.32. The molecule has 0 saturated carbocycles. The molecule has 0 saturated heterocycles. The van der Waals surface area contributed by atoms with Crippen LogP contribution >= 0.6 is 0 Å². The molecular weight excluding hydrogens is 396 g/mol. The second-order valence-electron chi connectivity index (χ2n) is 7.18. The summed E-state index contributed by atoms with van der Waals surface area (Å²) >= 11 is 0. The molecule has 0 spiro atoms. The van der Waals surface area contributed by atoms with Gasteiger partial charge in [-0.25, -0.2) is 4.79 Å². The summed E-state index contributed by atoms with van der Waals surface area (Å²) in [5.74, 6) is 0.348. The van der Waals surface area contributed by atoms with E-state index in [4.69, 9.17) is 14.5 Å². The monoisotopic (exact) mass is 415 g/mol. The molecule has 2 aromatic carbocycles. The minimum atomic E-state index is -0.421. The highest BCUT2D eigenvalue weighted by atomic mass is 16.5. The van der Waals surface area contributed by atoms with Crippen molar-refractivity contribution in [3.05, 3.63) is 66.1 Å². The predicted molar refractivity (Wildman–Crippen MR) is 113 cm³/mol. The van der Waals surface area contributed by atoms with Crippen molar-refractivity contribution in [3.8, 4) is 11.4 Å². The molecule has 0 aliphatic heterocycles. The Labute approximate surface area is 176 Å². The second-order valence-corrected chi connectivity index (χ2v) is 7.18. The summed E-state index contributed by atoms with van der Waals surface area (Å²) in [4.78, 5) is 31.8. The number of esters is 2. The average Bonchev–Trinajstić information content (AvgIpc) is 3.31. The zero-order chi connectivity index (χ0) is 21.7. The van der Waals surface area contributed by atoms with Gasteiger partial charge in [0.05, 0.1) is 18.9 Å². The summed E-state index contributed by atoms with van der Waals surface area (Å²) in [5, 5.41) is 0.689. The number of hydrogen-bond donors (Lipinski definition) is 1. The third kappa shape index (κ3) is 2.92. The molecule has 8 heteroatoms. The van der Waals surface area contributed by atoms with Crippen LogP contribution in [0.5, 0.6) is 5.75 Å². The molecule has 5 aromatic rings. The lowest BCUT2D eigenvalue weighted by molar-refractivity contribution is -0.492. The quantitative estimate of drug-likeness (QED) is 0.361. The first-order chi connectivity index (χ1) is 15.0. The Bertz CT molecular complexity index is 1500. The molecule has 3 aromatic heterocycles. The topological polar surface area (TPSA) is 90.3 Å². The molecule has 0 amide bonds. The van der Waals surface area contributed by atoms with Crippen LogP contribution in [-0.2, 0) is 9.53 Å². The van der Waals surface area contributed by atoms with E-state index < -0.39 is 11.9 Å². The number of nitrogens with zero attached hydrogens (tertiary/aromatic N) is 3. The Kier molecular flexibility index (Phi) is 4.21. The van der Waals surface area contributed by atoms with Crippen LogP contribution in [-0.4, -0.2) is 33.6 Å². The number of aromatic nitrogens is 4.